The minimum Gasteiger partial charge on any atom is -0.337 e. The normalized spacial score (nSPS) is 19.6. The Balaban J connectivity index is 1.57. The second-order valence-corrected chi connectivity index (χ2v) is 9.25. The number of hydrogen-bond donors (Lipinski definition) is 0. The maximum atomic E-state index is 14.0. The van der Waals surface area contributed by atoms with E-state index in [1.807, 2.05) is 12.1 Å². The average molecular weight is 406 g/mol. The summed E-state index contributed by atoms with van der Waals surface area (Å²) in [7, 11) is -3.67. The van der Waals surface area contributed by atoms with Crippen molar-refractivity contribution in [1.29, 1.82) is 0 Å². The molecule has 0 aromatic heterocycles. The van der Waals surface area contributed by atoms with Crippen LogP contribution in [0.5, 0.6) is 0 Å². The number of carbonyl (C=O) groups is 1. The fourth-order valence-electron chi connectivity index (χ4n) is 3.96. The second kappa shape index (κ2) is 7.16. The lowest BCUT2D eigenvalue weighted by atomic mass is 10.1. The number of fused-ring (bicyclic) bond motifs is 1. The quantitative estimate of drug-likeness (QED) is 0.788. The molecular weight excluding hydrogens is 386 g/mol. The van der Waals surface area contributed by atoms with Gasteiger partial charge < -0.3 is 4.90 Å². The minimum atomic E-state index is -3.67. The molecule has 2 aliphatic rings. The lowest BCUT2D eigenvalue weighted by Gasteiger charge is -2.35. The highest BCUT2D eigenvalue weighted by Crippen LogP contribution is 2.33. The molecule has 0 bridgehead atoms. The highest BCUT2D eigenvalue weighted by molar-refractivity contribution is 7.93. The van der Waals surface area contributed by atoms with Crippen molar-refractivity contribution in [3.63, 3.8) is 0 Å². The highest BCUT2D eigenvalue weighted by Gasteiger charge is 2.39. The average Bonchev–Trinajstić information content (AvgIpc) is 3.15. The van der Waals surface area contributed by atoms with Gasteiger partial charge in [0.15, 0.2) is 11.6 Å². The molecule has 1 saturated heterocycles. The van der Waals surface area contributed by atoms with Gasteiger partial charge in [-0.2, -0.15) is 0 Å². The smallest absolute Gasteiger partial charge is 0.256 e. The first kappa shape index (κ1) is 18.9. The third kappa shape index (κ3) is 3.15. The number of halogens is 2. The van der Waals surface area contributed by atoms with Crippen LogP contribution in [0.4, 0.5) is 14.5 Å². The molecule has 2 heterocycles. The van der Waals surface area contributed by atoms with Gasteiger partial charge in [0.1, 0.15) is 0 Å². The van der Waals surface area contributed by atoms with Crippen molar-refractivity contribution in [1.82, 2.24) is 4.90 Å². The summed E-state index contributed by atoms with van der Waals surface area (Å²) < 4.78 is 55.4. The molecule has 0 radical (unpaired) electrons. The minimum absolute atomic E-state index is 0.0320. The zero-order valence-corrected chi connectivity index (χ0v) is 16.0. The van der Waals surface area contributed by atoms with Gasteiger partial charge in [-0.05, 0) is 43.0 Å². The molecule has 0 unspecified atom stereocenters. The third-order valence-electron chi connectivity index (χ3n) is 5.42. The number of nitrogens with zero attached hydrogens (tertiary/aromatic N) is 2. The number of carbonyl (C=O) groups excluding carboxylic acids is 1. The van der Waals surface area contributed by atoms with Crippen molar-refractivity contribution in [2.75, 3.05) is 23.9 Å². The van der Waals surface area contributed by atoms with Gasteiger partial charge >= 0.3 is 0 Å². The molecule has 2 aromatic carbocycles. The van der Waals surface area contributed by atoms with Crippen molar-refractivity contribution < 1.29 is 22.0 Å². The zero-order valence-electron chi connectivity index (χ0n) is 15.1. The number of para-hydroxylation sites is 1. The Morgan fingerprint density at radius 2 is 1.82 bits per heavy atom. The van der Waals surface area contributed by atoms with Crippen LogP contribution in [0.2, 0.25) is 0 Å². The number of hydrogen-bond acceptors (Lipinski definition) is 3. The molecule has 8 heteroatoms. The molecule has 2 aromatic rings. The first-order valence-corrected chi connectivity index (χ1v) is 10.7. The van der Waals surface area contributed by atoms with Gasteiger partial charge in [0.2, 0.25) is 10.0 Å². The van der Waals surface area contributed by atoms with E-state index in [0.29, 0.717) is 38.0 Å². The Morgan fingerprint density at radius 3 is 2.64 bits per heavy atom. The fraction of sp³-hybridized carbons (Fsp3) is 0.350. The molecule has 1 amide bonds. The van der Waals surface area contributed by atoms with Crippen molar-refractivity contribution >= 4 is 21.6 Å². The largest absolute Gasteiger partial charge is 0.337 e. The summed E-state index contributed by atoms with van der Waals surface area (Å²) in [5.41, 5.74) is 1.29. The summed E-state index contributed by atoms with van der Waals surface area (Å²) in [6.45, 7) is 0.665. The molecule has 0 saturated carbocycles. The predicted molar refractivity (Wildman–Crippen MR) is 102 cm³/mol. The van der Waals surface area contributed by atoms with E-state index in [2.05, 4.69) is 0 Å². The lowest BCUT2D eigenvalue weighted by molar-refractivity contribution is 0.0721. The third-order valence-corrected chi connectivity index (χ3v) is 7.64. The predicted octanol–water partition coefficient (Wildman–Crippen LogP) is 2.96. The van der Waals surface area contributed by atoms with Gasteiger partial charge in [0.25, 0.3) is 5.91 Å². The van der Waals surface area contributed by atoms with Gasteiger partial charge in [0, 0.05) is 19.6 Å². The molecular formula is C20H20F2N2O3S. The van der Waals surface area contributed by atoms with E-state index < -0.39 is 32.8 Å². The Labute approximate surface area is 162 Å². The zero-order chi connectivity index (χ0) is 19.9. The summed E-state index contributed by atoms with van der Waals surface area (Å²) in [5, 5.41) is -0.770. The van der Waals surface area contributed by atoms with Gasteiger partial charge in [-0.15, -0.1) is 0 Å². The number of likely N-dealkylation sites (tertiary alicyclic amines) is 1. The summed E-state index contributed by atoms with van der Waals surface area (Å²) in [5.74, 6) is -2.98. The maximum Gasteiger partial charge on any atom is 0.256 e. The first-order valence-electron chi connectivity index (χ1n) is 9.22. The second-order valence-electron chi connectivity index (χ2n) is 7.11. The maximum absolute atomic E-state index is 14.0. The van der Waals surface area contributed by atoms with E-state index in [9.17, 15) is 22.0 Å². The monoisotopic (exact) mass is 406 g/mol. The van der Waals surface area contributed by atoms with Crippen molar-refractivity contribution in [2.24, 2.45) is 0 Å². The Bertz CT molecular complexity index is 1030. The Morgan fingerprint density at radius 1 is 1.04 bits per heavy atom. The van der Waals surface area contributed by atoms with Gasteiger partial charge in [0.05, 0.1) is 16.5 Å². The lowest BCUT2D eigenvalue weighted by Crippen LogP contribution is -2.49. The van der Waals surface area contributed by atoms with E-state index in [1.54, 1.807) is 12.1 Å². The van der Waals surface area contributed by atoms with Crippen LogP contribution >= 0.6 is 0 Å². The van der Waals surface area contributed by atoms with Crippen LogP contribution in [0, 0.1) is 11.6 Å². The van der Waals surface area contributed by atoms with Crippen LogP contribution in [0.3, 0.4) is 0 Å². The standard InChI is InChI=1S/C20H20F2N2O3S/c21-17-8-3-7-16(19(17)22)20(25)23-11-4-6-15(13-23)28(26,27)24-12-10-14-5-1-2-9-18(14)24/h1-3,5,7-9,15H,4,6,10-13H2/t15-/m1/s1. The molecule has 28 heavy (non-hydrogen) atoms. The Hall–Kier alpha value is -2.48. The molecule has 5 nitrogen and oxygen atoms in total. The molecule has 1 atom stereocenters. The van der Waals surface area contributed by atoms with Crippen LogP contribution in [-0.4, -0.2) is 44.1 Å². The van der Waals surface area contributed by atoms with E-state index in [4.69, 9.17) is 0 Å². The number of benzene rings is 2. The van der Waals surface area contributed by atoms with Gasteiger partial charge in [-0.25, -0.2) is 17.2 Å². The summed E-state index contributed by atoms with van der Waals surface area (Å²) >= 11 is 0. The highest BCUT2D eigenvalue weighted by atomic mass is 32.2. The number of piperidine rings is 1. The van der Waals surface area contributed by atoms with Crippen LogP contribution in [-0.2, 0) is 16.4 Å². The van der Waals surface area contributed by atoms with Crippen molar-refractivity contribution in [3.8, 4) is 0 Å². The molecule has 0 aliphatic carbocycles. The van der Waals surface area contributed by atoms with E-state index >= 15 is 0 Å². The number of amides is 1. The molecule has 0 N–H and O–H groups in total. The van der Waals surface area contributed by atoms with Crippen LogP contribution < -0.4 is 4.31 Å². The van der Waals surface area contributed by atoms with Crippen LogP contribution in [0.15, 0.2) is 42.5 Å². The van der Waals surface area contributed by atoms with Gasteiger partial charge in [-0.3, -0.25) is 9.10 Å². The molecule has 1 fully saturated rings. The fourth-order valence-corrected chi connectivity index (χ4v) is 5.95. The Kier molecular flexibility index (Phi) is 4.82. The van der Waals surface area contributed by atoms with Crippen molar-refractivity contribution in [2.45, 2.75) is 24.5 Å². The number of sulfonamides is 1. The SMILES string of the molecule is O=C(c1cccc(F)c1F)N1CCC[C@@H](S(=O)(=O)N2CCc3ccccc32)C1. The molecule has 4 rings (SSSR count). The molecule has 2 aliphatic heterocycles. The molecule has 0 spiro atoms. The number of rotatable bonds is 3. The van der Waals surface area contributed by atoms with E-state index in [1.165, 1.54) is 21.3 Å². The van der Waals surface area contributed by atoms with Crippen molar-refractivity contribution in [3.05, 3.63) is 65.2 Å². The number of anilines is 1. The van der Waals surface area contributed by atoms with Crippen LogP contribution in [0.1, 0.15) is 28.8 Å². The van der Waals surface area contributed by atoms with Gasteiger partial charge in [-0.1, -0.05) is 24.3 Å². The van der Waals surface area contributed by atoms with Crippen LogP contribution in [0.25, 0.3) is 0 Å². The van der Waals surface area contributed by atoms with E-state index in [0.717, 1.165) is 11.6 Å². The summed E-state index contributed by atoms with van der Waals surface area (Å²) in [4.78, 5) is 14.0. The topological polar surface area (TPSA) is 57.7 Å². The molecule has 148 valence electrons. The van der Waals surface area contributed by atoms with E-state index in [-0.39, 0.29) is 12.1 Å². The summed E-state index contributed by atoms with van der Waals surface area (Å²) in [6.07, 6.45) is 1.57. The summed E-state index contributed by atoms with van der Waals surface area (Å²) in [6, 6.07) is 10.8. The first-order chi connectivity index (χ1) is 13.4.